The second-order valence-corrected chi connectivity index (χ2v) is 6.59. The minimum atomic E-state index is -0.259. The highest BCUT2D eigenvalue weighted by Gasteiger charge is 2.25. The number of aliphatic imine (C=N–C) groups is 1. The second-order valence-electron chi connectivity index (χ2n) is 5.56. The number of hydrogen-bond donors (Lipinski definition) is 2. The fraction of sp³-hybridized carbons (Fsp3) is 0.158. The molecule has 0 radical (unpaired) electrons. The Morgan fingerprint density at radius 2 is 2.00 bits per heavy atom. The Labute approximate surface area is 155 Å². The van der Waals surface area contributed by atoms with E-state index in [9.17, 15) is 9.90 Å². The monoisotopic (exact) mass is 370 g/mol. The molecule has 1 aliphatic heterocycles. The van der Waals surface area contributed by atoms with Crippen LogP contribution in [0.25, 0.3) is 6.08 Å². The van der Waals surface area contributed by atoms with Gasteiger partial charge < -0.3 is 19.9 Å². The lowest BCUT2D eigenvalue weighted by Crippen LogP contribution is -2.19. The summed E-state index contributed by atoms with van der Waals surface area (Å²) in [5.74, 6) is 0.950. The molecule has 0 spiro atoms. The number of amides is 1. The van der Waals surface area contributed by atoms with Gasteiger partial charge in [-0.1, -0.05) is 18.2 Å². The molecule has 0 saturated carbocycles. The third-order valence-corrected chi connectivity index (χ3v) is 4.63. The first-order chi connectivity index (χ1) is 12.5. The van der Waals surface area contributed by atoms with Crippen molar-refractivity contribution in [1.29, 1.82) is 0 Å². The molecule has 134 valence electrons. The molecule has 1 heterocycles. The minimum absolute atomic E-state index is 0.0687. The normalized spacial score (nSPS) is 16.8. The molecule has 1 aliphatic rings. The summed E-state index contributed by atoms with van der Waals surface area (Å²) in [7, 11) is 3.11. The molecular formula is C19H18N2O4S. The van der Waals surface area contributed by atoms with Gasteiger partial charge >= 0.3 is 0 Å². The highest BCUT2D eigenvalue weighted by atomic mass is 32.2. The van der Waals surface area contributed by atoms with Crippen LogP contribution in [0.15, 0.2) is 46.3 Å². The molecule has 6 nitrogen and oxygen atoms in total. The van der Waals surface area contributed by atoms with E-state index >= 15 is 0 Å². The topological polar surface area (TPSA) is 80.2 Å². The molecule has 0 aliphatic carbocycles. The zero-order valence-corrected chi connectivity index (χ0v) is 15.4. The summed E-state index contributed by atoms with van der Waals surface area (Å²) >= 11 is 1.20. The maximum Gasteiger partial charge on any atom is 0.264 e. The smallest absolute Gasteiger partial charge is 0.264 e. The quantitative estimate of drug-likeness (QED) is 0.804. The Balaban J connectivity index is 1.91. The van der Waals surface area contributed by atoms with Crippen LogP contribution in [0.3, 0.4) is 0 Å². The lowest BCUT2D eigenvalue weighted by Gasteiger charge is -2.10. The van der Waals surface area contributed by atoms with Gasteiger partial charge in [0.05, 0.1) is 19.1 Å². The van der Waals surface area contributed by atoms with Crippen LogP contribution in [-0.2, 0) is 4.79 Å². The molecule has 7 heteroatoms. The number of phenols is 1. The molecule has 2 aromatic rings. The molecule has 1 fully saturated rings. The van der Waals surface area contributed by atoms with E-state index in [1.807, 2.05) is 25.1 Å². The number of aromatic hydroxyl groups is 1. The zero-order chi connectivity index (χ0) is 18.7. The Bertz CT molecular complexity index is 922. The average molecular weight is 370 g/mol. The van der Waals surface area contributed by atoms with Crippen molar-refractivity contribution in [3.63, 3.8) is 0 Å². The van der Waals surface area contributed by atoms with Crippen LogP contribution in [-0.4, -0.2) is 30.4 Å². The first-order valence-corrected chi connectivity index (χ1v) is 8.63. The molecule has 2 aromatic carbocycles. The van der Waals surface area contributed by atoms with Crippen LogP contribution in [0, 0.1) is 6.92 Å². The van der Waals surface area contributed by atoms with Gasteiger partial charge in [0.1, 0.15) is 11.4 Å². The van der Waals surface area contributed by atoms with Crippen LogP contribution in [0.5, 0.6) is 17.2 Å². The van der Waals surface area contributed by atoms with Crippen molar-refractivity contribution in [2.24, 2.45) is 4.99 Å². The number of hydrogen-bond acceptors (Lipinski definition) is 6. The number of rotatable bonds is 4. The maximum absolute atomic E-state index is 12.3. The molecule has 26 heavy (non-hydrogen) atoms. The van der Waals surface area contributed by atoms with Crippen LogP contribution in [0.4, 0.5) is 5.69 Å². The van der Waals surface area contributed by atoms with Gasteiger partial charge in [-0.2, -0.15) is 0 Å². The van der Waals surface area contributed by atoms with Gasteiger partial charge in [-0.25, -0.2) is 4.99 Å². The first kappa shape index (κ1) is 17.9. The Morgan fingerprint density at radius 3 is 2.69 bits per heavy atom. The van der Waals surface area contributed by atoms with Crippen molar-refractivity contribution >= 4 is 34.6 Å². The molecule has 3 rings (SSSR count). The standard InChI is InChI=1S/C19H18N2O4S/c1-11-7-8-13(14(22)9-11)20-19-21-18(23)16(26-19)10-12-5-4-6-15(24-2)17(12)25-3/h4-10,22H,1-3H3,(H,20,21,23)/b16-10-. The number of carbonyl (C=O) groups is 1. The summed E-state index contributed by atoms with van der Waals surface area (Å²) in [6, 6.07) is 10.6. The molecular weight excluding hydrogens is 352 g/mol. The number of carbonyl (C=O) groups excluding carboxylic acids is 1. The number of aryl methyl sites for hydroxylation is 1. The summed E-state index contributed by atoms with van der Waals surface area (Å²) in [6.45, 7) is 1.88. The van der Waals surface area contributed by atoms with Crippen molar-refractivity contribution < 1.29 is 19.4 Å². The summed E-state index contributed by atoms with van der Waals surface area (Å²) in [5.41, 5.74) is 2.06. The van der Waals surface area contributed by atoms with Crippen molar-refractivity contribution in [1.82, 2.24) is 5.32 Å². The summed E-state index contributed by atoms with van der Waals surface area (Å²) in [4.78, 5) is 17.0. The third-order valence-electron chi connectivity index (χ3n) is 3.72. The fourth-order valence-electron chi connectivity index (χ4n) is 2.48. The van der Waals surface area contributed by atoms with Crippen molar-refractivity contribution in [3.8, 4) is 17.2 Å². The van der Waals surface area contributed by atoms with E-state index in [1.54, 1.807) is 38.5 Å². The van der Waals surface area contributed by atoms with E-state index in [4.69, 9.17) is 9.47 Å². The minimum Gasteiger partial charge on any atom is -0.506 e. The lowest BCUT2D eigenvalue weighted by molar-refractivity contribution is -0.115. The molecule has 0 unspecified atom stereocenters. The van der Waals surface area contributed by atoms with Crippen LogP contribution in [0.1, 0.15) is 11.1 Å². The van der Waals surface area contributed by atoms with Crippen LogP contribution >= 0.6 is 11.8 Å². The Hall–Kier alpha value is -2.93. The predicted molar refractivity (Wildman–Crippen MR) is 103 cm³/mol. The molecule has 0 bridgehead atoms. The number of nitrogens with zero attached hydrogens (tertiary/aromatic N) is 1. The van der Waals surface area contributed by atoms with Gasteiger partial charge in [-0.3, -0.25) is 4.79 Å². The molecule has 0 atom stereocenters. The number of phenolic OH excluding ortho intramolecular Hbond substituents is 1. The summed E-state index contributed by atoms with van der Waals surface area (Å²) < 4.78 is 10.7. The number of thioether (sulfide) groups is 1. The fourth-order valence-corrected chi connectivity index (χ4v) is 3.31. The maximum atomic E-state index is 12.3. The van der Waals surface area contributed by atoms with Gasteiger partial charge in [0.15, 0.2) is 16.7 Å². The molecule has 2 N–H and O–H groups in total. The Morgan fingerprint density at radius 1 is 1.19 bits per heavy atom. The molecule has 1 saturated heterocycles. The van der Waals surface area contributed by atoms with E-state index in [0.717, 1.165) is 11.1 Å². The van der Waals surface area contributed by atoms with Gasteiger partial charge in [0.25, 0.3) is 5.91 Å². The largest absolute Gasteiger partial charge is 0.506 e. The van der Waals surface area contributed by atoms with Gasteiger partial charge in [0, 0.05) is 5.56 Å². The SMILES string of the molecule is COc1cccc(/C=C2\SC(=Nc3ccc(C)cc3O)NC2=O)c1OC. The van der Waals surface area contributed by atoms with Gasteiger partial charge in [-0.05, 0) is 48.5 Å². The average Bonchev–Trinajstić information content (AvgIpc) is 2.96. The zero-order valence-electron chi connectivity index (χ0n) is 14.6. The van der Waals surface area contributed by atoms with Crippen molar-refractivity contribution in [2.75, 3.05) is 14.2 Å². The molecule has 0 aromatic heterocycles. The van der Waals surface area contributed by atoms with Gasteiger partial charge in [0.2, 0.25) is 0 Å². The Kier molecular flexibility index (Phi) is 5.18. The highest BCUT2D eigenvalue weighted by molar-refractivity contribution is 8.18. The van der Waals surface area contributed by atoms with E-state index < -0.39 is 0 Å². The highest BCUT2D eigenvalue weighted by Crippen LogP contribution is 2.36. The van der Waals surface area contributed by atoms with Crippen molar-refractivity contribution in [3.05, 3.63) is 52.4 Å². The molecule has 1 amide bonds. The number of methoxy groups -OCH3 is 2. The van der Waals surface area contributed by atoms with Gasteiger partial charge in [-0.15, -0.1) is 0 Å². The second kappa shape index (κ2) is 7.53. The predicted octanol–water partition coefficient (Wildman–Crippen LogP) is 3.61. The number of para-hydroxylation sites is 1. The van der Waals surface area contributed by atoms with E-state index in [0.29, 0.717) is 27.3 Å². The van der Waals surface area contributed by atoms with E-state index in [1.165, 1.54) is 11.8 Å². The summed E-state index contributed by atoms with van der Waals surface area (Å²) in [5, 5.41) is 13.1. The summed E-state index contributed by atoms with van der Waals surface area (Å²) in [6.07, 6.45) is 1.72. The van der Waals surface area contributed by atoms with Crippen molar-refractivity contribution in [2.45, 2.75) is 6.92 Å². The number of benzene rings is 2. The third kappa shape index (κ3) is 3.67. The van der Waals surface area contributed by atoms with E-state index in [2.05, 4.69) is 10.3 Å². The van der Waals surface area contributed by atoms with Crippen LogP contribution in [0.2, 0.25) is 0 Å². The number of ether oxygens (including phenoxy) is 2. The van der Waals surface area contributed by atoms with E-state index in [-0.39, 0.29) is 11.7 Å². The lowest BCUT2D eigenvalue weighted by atomic mass is 10.1. The first-order valence-electron chi connectivity index (χ1n) is 7.82. The van der Waals surface area contributed by atoms with Crippen LogP contribution < -0.4 is 14.8 Å². The number of nitrogens with one attached hydrogen (secondary N) is 1. The number of amidine groups is 1.